The predicted molar refractivity (Wildman–Crippen MR) is 76.5 cm³/mol. The summed E-state index contributed by atoms with van der Waals surface area (Å²) in [5, 5.41) is 2.72. The number of thioether (sulfide) groups is 1. The Kier molecular flexibility index (Phi) is 4.69. The van der Waals surface area contributed by atoms with E-state index in [1.54, 1.807) is 19.1 Å². The summed E-state index contributed by atoms with van der Waals surface area (Å²) in [5.41, 5.74) is 5.89. The van der Waals surface area contributed by atoms with Crippen LogP contribution in [0.2, 0.25) is 0 Å². The molecule has 0 aliphatic heterocycles. The van der Waals surface area contributed by atoms with Gasteiger partial charge in [-0.15, -0.1) is 11.8 Å². The van der Waals surface area contributed by atoms with Gasteiger partial charge in [0.1, 0.15) is 5.82 Å². The molecular formula is C14H19FN2OS. The van der Waals surface area contributed by atoms with Crippen LogP contribution in [0.15, 0.2) is 23.1 Å². The fraction of sp³-hybridized carbons (Fsp3) is 0.500. The van der Waals surface area contributed by atoms with Crippen molar-refractivity contribution >= 4 is 23.4 Å². The number of carbonyl (C=O) groups is 1. The van der Waals surface area contributed by atoms with Crippen LogP contribution in [0.5, 0.6) is 0 Å². The number of hydrogen-bond acceptors (Lipinski definition) is 3. The minimum atomic E-state index is -0.370. The molecule has 0 heterocycles. The van der Waals surface area contributed by atoms with E-state index in [-0.39, 0.29) is 17.0 Å². The molecule has 3 N–H and O–H groups in total. The van der Waals surface area contributed by atoms with Crippen LogP contribution in [0.1, 0.15) is 32.6 Å². The predicted octanol–water partition coefficient (Wildman–Crippen LogP) is 2.95. The van der Waals surface area contributed by atoms with Crippen LogP contribution >= 0.6 is 11.8 Å². The van der Waals surface area contributed by atoms with Crippen LogP contribution in [0.3, 0.4) is 0 Å². The van der Waals surface area contributed by atoms with Crippen molar-refractivity contribution < 1.29 is 9.18 Å². The molecule has 0 spiro atoms. The van der Waals surface area contributed by atoms with Crippen molar-refractivity contribution in [2.75, 3.05) is 5.73 Å². The molecule has 0 aromatic heterocycles. The molecule has 1 amide bonds. The number of nitrogen functional groups attached to an aromatic ring is 1. The Morgan fingerprint density at radius 3 is 2.79 bits per heavy atom. The molecule has 0 radical (unpaired) electrons. The molecule has 2 rings (SSSR count). The molecular weight excluding hydrogens is 263 g/mol. The van der Waals surface area contributed by atoms with Gasteiger partial charge < -0.3 is 11.1 Å². The molecule has 19 heavy (non-hydrogen) atoms. The van der Waals surface area contributed by atoms with E-state index in [0.29, 0.717) is 16.6 Å². The van der Waals surface area contributed by atoms with Gasteiger partial charge in [0.15, 0.2) is 0 Å². The lowest BCUT2D eigenvalue weighted by atomic mass is 10.2. The minimum absolute atomic E-state index is 0.0203. The van der Waals surface area contributed by atoms with Crippen molar-refractivity contribution in [3.63, 3.8) is 0 Å². The zero-order valence-corrected chi connectivity index (χ0v) is 11.8. The average molecular weight is 282 g/mol. The lowest BCUT2D eigenvalue weighted by molar-refractivity contribution is -0.120. The van der Waals surface area contributed by atoms with Gasteiger partial charge in [0.25, 0.3) is 0 Å². The summed E-state index contributed by atoms with van der Waals surface area (Å²) in [6.07, 6.45) is 4.47. The molecule has 3 nitrogen and oxygen atoms in total. The van der Waals surface area contributed by atoms with Crippen LogP contribution in [0.4, 0.5) is 10.1 Å². The van der Waals surface area contributed by atoms with Crippen LogP contribution in [-0.4, -0.2) is 17.2 Å². The van der Waals surface area contributed by atoms with E-state index in [1.807, 2.05) is 0 Å². The van der Waals surface area contributed by atoms with Gasteiger partial charge >= 0.3 is 0 Å². The first-order valence-electron chi connectivity index (χ1n) is 6.58. The molecule has 104 valence electrons. The van der Waals surface area contributed by atoms with Crippen molar-refractivity contribution in [3.05, 3.63) is 24.0 Å². The van der Waals surface area contributed by atoms with Crippen LogP contribution in [0, 0.1) is 5.82 Å². The van der Waals surface area contributed by atoms with E-state index in [1.165, 1.54) is 30.7 Å². The maximum Gasteiger partial charge on any atom is 0.233 e. The Labute approximate surface area is 117 Å². The van der Waals surface area contributed by atoms with Crippen molar-refractivity contribution in [2.45, 2.75) is 48.8 Å². The third-order valence-electron chi connectivity index (χ3n) is 3.33. The van der Waals surface area contributed by atoms with Crippen molar-refractivity contribution in [1.29, 1.82) is 0 Å². The van der Waals surface area contributed by atoms with Gasteiger partial charge in [-0.25, -0.2) is 4.39 Å². The zero-order chi connectivity index (χ0) is 13.8. The Hall–Kier alpha value is -1.23. The van der Waals surface area contributed by atoms with Gasteiger partial charge in [-0.1, -0.05) is 12.8 Å². The number of rotatable bonds is 4. The molecule has 0 saturated heterocycles. The van der Waals surface area contributed by atoms with E-state index < -0.39 is 0 Å². The molecule has 1 aromatic rings. The largest absolute Gasteiger partial charge is 0.399 e. The second-order valence-electron chi connectivity index (χ2n) is 4.94. The molecule has 1 saturated carbocycles. The molecule has 1 unspecified atom stereocenters. The Morgan fingerprint density at radius 2 is 2.16 bits per heavy atom. The van der Waals surface area contributed by atoms with E-state index in [4.69, 9.17) is 5.73 Å². The molecule has 1 aliphatic carbocycles. The number of hydrogen-bond donors (Lipinski definition) is 2. The van der Waals surface area contributed by atoms with Gasteiger partial charge in [0.05, 0.1) is 5.25 Å². The highest BCUT2D eigenvalue weighted by atomic mass is 32.2. The number of anilines is 1. The van der Waals surface area contributed by atoms with Crippen molar-refractivity contribution in [3.8, 4) is 0 Å². The maximum atomic E-state index is 13.6. The van der Waals surface area contributed by atoms with E-state index in [0.717, 1.165) is 12.8 Å². The van der Waals surface area contributed by atoms with Gasteiger partial charge in [-0.3, -0.25) is 4.79 Å². The Morgan fingerprint density at radius 1 is 1.47 bits per heavy atom. The van der Waals surface area contributed by atoms with Crippen LogP contribution in [0.25, 0.3) is 0 Å². The molecule has 1 aromatic carbocycles. The first-order valence-corrected chi connectivity index (χ1v) is 7.46. The maximum absolute atomic E-state index is 13.6. The van der Waals surface area contributed by atoms with Gasteiger partial charge in [0.2, 0.25) is 5.91 Å². The summed E-state index contributed by atoms with van der Waals surface area (Å²) in [4.78, 5) is 12.5. The number of carbonyl (C=O) groups excluding carboxylic acids is 1. The number of nitrogens with one attached hydrogen (secondary N) is 1. The third kappa shape index (κ3) is 3.86. The summed E-state index contributed by atoms with van der Waals surface area (Å²) in [6.45, 7) is 1.80. The first kappa shape index (κ1) is 14.2. The highest BCUT2D eigenvalue weighted by Crippen LogP contribution is 2.28. The van der Waals surface area contributed by atoms with E-state index in [9.17, 15) is 9.18 Å². The molecule has 5 heteroatoms. The molecule has 1 fully saturated rings. The fourth-order valence-electron chi connectivity index (χ4n) is 2.25. The molecule has 0 bridgehead atoms. The third-order valence-corrected chi connectivity index (χ3v) is 4.48. The average Bonchev–Trinajstić information content (AvgIpc) is 2.85. The summed E-state index contributed by atoms with van der Waals surface area (Å²) in [7, 11) is 0. The summed E-state index contributed by atoms with van der Waals surface area (Å²) in [5.74, 6) is -0.390. The number of nitrogens with two attached hydrogens (primary N) is 1. The van der Waals surface area contributed by atoms with E-state index >= 15 is 0 Å². The normalized spacial score (nSPS) is 17.4. The quantitative estimate of drug-likeness (QED) is 0.659. The van der Waals surface area contributed by atoms with Gasteiger partial charge in [-0.05, 0) is 38.0 Å². The smallest absolute Gasteiger partial charge is 0.233 e. The monoisotopic (exact) mass is 282 g/mol. The first-order chi connectivity index (χ1) is 9.06. The van der Waals surface area contributed by atoms with E-state index in [2.05, 4.69) is 5.32 Å². The van der Waals surface area contributed by atoms with Crippen molar-refractivity contribution in [2.24, 2.45) is 0 Å². The Bertz CT molecular complexity index is 461. The second kappa shape index (κ2) is 6.28. The molecule has 1 atom stereocenters. The topological polar surface area (TPSA) is 55.1 Å². The lowest BCUT2D eigenvalue weighted by Crippen LogP contribution is -2.37. The summed E-state index contributed by atoms with van der Waals surface area (Å²) >= 11 is 1.23. The summed E-state index contributed by atoms with van der Waals surface area (Å²) in [6, 6.07) is 4.85. The lowest BCUT2D eigenvalue weighted by Gasteiger charge is -2.16. The standard InChI is InChI=1S/C14H19FN2OS/c1-9(14(18)17-11-4-2-3-5-11)19-13-7-6-10(16)8-12(13)15/h6-9,11H,2-5,16H2,1H3,(H,17,18). The summed E-state index contributed by atoms with van der Waals surface area (Å²) < 4.78 is 13.6. The molecule has 1 aliphatic rings. The highest BCUT2D eigenvalue weighted by Gasteiger charge is 2.21. The minimum Gasteiger partial charge on any atom is -0.399 e. The fourth-order valence-corrected chi connectivity index (χ4v) is 3.12. The SMILES string of the molecule is CC(Sc1ccc(N)cc1F)C(=O)NC1CCCC1. The number of benzene rings is 1. The van der Waals surface area contributed by atoms with Crippen LogP contribution in [-0.2, 0) is 4.79 Å². The van der Waals surface area contributed by atoms with Crippen molar-refractivity contribution in [1.82, 2.24) is 5.32 Å². The Balaban J connectivity index is 1.92. The van der Waals surface area contributed by atoms with Gasteiger partial charge in [0, 0.05) is 16.6 Å². The number of halogens is 1. The number of amides is 1. The highest BCUT2D eigenvalue weighted by molar-refractivity contribution is 8.00. The van der Waals surface area contributed by atoms with Gasteiger partial charge in [-0.2, -0.15) is 0 Å². The second-order valence-corrected chi connectivity index (χ2v) is 6.32. The van der Waals surface area contributed by atoms with Crippen LogP contribution < -0.4 is 11.1 Å². The zero-order valence-electron chi connectivity index (χ0n) is 11.0.